The van der Waals surface area contributed by atoms with Crippen molar-refractivity contribution in [2.24, 2.45) is 5.41 Å². The molecule has 1 spiro atoms. The Balaban J connectivity index is 1.71. The maximum atomic E-state index is 15.0. The summed E-state index contributed by atoms with van der Waals surface area (Å²) < 4.78 is 20.6. The van der Waals surface area contributed by atoms with E-state index in [0.29, 0.717) is 0 Å². The van der Waals surface area contributed by atoms with E-state index in [0.717, 1.165) is 61.2 Å². The van der Waals surface area contributed by atoms with Crippen LogP contribution in [0, 0.1) is 5.41 Å². The van der Waals surface area contributed by atoms with Gasteiger partial charge in [0, 0.05) is 21.3 Å². The molecule has 0 saturated carbocycles. The monoisotopic (exact) mass is 416 g/mol. The number of fused-ring (bicyclic) bond motifs is 1. The van der Waals surface area contributed by atoms with Crippen molar-refractivity contribution in [3.8, 4) is 0 Å². The van der Waals surface area contributed by atoms with Gasteiger partial charge in [-0.05, 0) is 48.4 Å². The van der Waals surface area contributed by atoms with Crippen LogP contribution in [0.25, 0.3) is 0 Å². The lowest BCUT2D eigenvalue weighted by Crippen LogP contribution is -2.43. The Morgan fingerprint density at radius 2 is 1.43 bits per heavy atom. The van der Waals surface area contributed by atoms with Crippen molar-refractivity contribution in [2.45, 2.75) is 39.0 Å². The molecule has 3 heteroatoms. The minimum atomic E-state index is -2.95. The van der Waals surface area contributed by atoms with Gasteiger partial charge in [-0.3, -0.25) is 0 Å². The Bertz CT molecular complexity index is 1040. The molecule has 0 aromatic heterocycles. The lowest BCUT2D eigenvalue weighted by Gasteiger charge is -2.37. The third-order valence-electron chi connectivity index (χ3n) is 6.73. The van der Waals surface area contributed by atoms with Crippen LogP contribution in [0.1, 0.15) is 36.5 Å². The second kappa shape index (κ2) is 7.84. The normalized spacial score (nSPS) is 17.0. The van der Waals surface area contributed by atoms with Crippen molar-refractivity contribution in [1.29, 1.82) is 0 Å². The Hall–Kier alpha value is -2.15. The zero-order chi connectivity index (χ0) is 20.6. The van der Waals surface area contributed by atoms with E-state index >= 15 is 4.57 Å². The number of rotatable bonds is 6. The molecule has 2 nitrogen and oxygen atoms in total. The zero-order valence-corrected chi connectivity index (χ0v) is 18.5. The summed E-state index contributed by atoms with van der Waals surface area (Å²) in [6.07, 6.45) is 5.38. The van der Waals surface area contributed by atoms with E-state index in [4.69, 9.17) is 4.74 Å². The second-order valence-corrected chi connectivity index (χ2v) is 11.7. The lowest BCUT2D eigenvalue weighted by molar-refractivity contribution is -0.106. The first-order chi connectivity index (χ1) is 14.6. The average Bonchev–Trinajstić information content (AvgIpc) is 3.17. The van der Waals surface area contributed by atoms with Crippen LogP contribution in [0.2, 0.25) is 0 Å². The molecule has 0 radical (unpaired) electrons. The van der Waals surface area contributed by atoms with E-state index in [1.807, 2.05) is 60.7 Å². The fourth-order valence-corrected chi connectivity index (χ4v) is 8.04. The van der Waals surface area contributed by atoms with Crippen LogP contribution in [0.3, 0.4) is 0 Å². The van der Waals surface area contributed by atoms with Gasteiger partial charge in [-0.2, -0.15) is 0 Å². The molecular formula is C27H29O2P. The summed E-state index contributed by atoms with van der Waals surface area (Å²) in [5.41, 5.74) is 4.37. The van der Waals surface area contributed by atoms with Gasteiger partial charge in [-0.25, -0.2) is 0 Å². The molecule has 30 heavy (non-hydrogen) atoms. The topological polar surface area (TPSA) is 26.3 Å². The summed E-state index contributed by atoms with van der Waals surface area (Å²) in [5, 5.41) is 2.89. The minimum Gasteiger partial charge on any atom is -0.380 e. The number of hydrogen-bond acceptors (Lipinski definition) is 2. The highest BCUT2D eigenvalue weighted by molar-refractivity contribution is 7.85. The van der Waals surface area contributed by atoms with E-state index in [1.165, 1.54) is 16.7 Å². The smallest absolute Gasteiger partial charge is 0.171 e. The van der Waals surface area contributed by atoms with E-state index in [1.54, 1.807) is 0 Å². The first-order valence-corrected chi connectivity index (χ1v) is 12.8. The van der Waals surface area contributed by atoms with Gasteiger partial charge >= 0.3 is 0 Å². The van der Waals surface area contributed by atoms with Crippen molar-refractivity contribution in [2.75, 3.05) is 13.2 Å². The van der Waals surface area contributed by atoms with E-state index in [2.05, 4.69) is 19.1 Å². The van der Waals surface area contributed by atoms with Crippen molar-refractivity contribution in [1.82, 2.24) is 0 Å². The van der Waals surface area contributed by atoms with Gasteiger partial charge in [0.2, 0.25) is 0 Å². The van der Waals surface area contributed by atoms with Gasteiger partial charge in [-0.1, -0.05) is 80.1 Å². The molecule has 3 aromatic rings. The summed E-state index contributed by atoms with van der Waals surface area (Å²) >= 11 is 0. The molecule has 1 aliphatic carbocycles. The molecule has 0 unspecified atom stereocenters. The third-order valence-corrected chi connectivity index (χ3v) is 9.87. The highest BCUT2D eigenvalue weighted by atomic mass is 31.2. The number of benzene rings is 3. The van der Waals surface area contributed by atoms with Gasteiger partial charge in [0.25, 0.3) is 0 Å². The quantitative estimate of drug-likeness (QED) is 0.541. The highest BCUT2D eigenvalue weighted by Gasteiger charge is 2.44. The molecule has 1 fully saturated rings. The molecule has 3 aromatic carbocycles. The van der Waals surface area contributed by atoms with E-state index in [-0.39, 0.29) is 5.41 Å². The fraction of sp³-hybridized carbons (Fsp3) is 0.333. The van der Waals surface area contributed by atoms with Crippen LogP contribution >= 0.6 is 7.14 Å². The first kappa shape index (κ1) is 19.8. The third kappa shape index (κ3) is 3.27. The molecule has 1 aliphatic heterocycles. The summed E-state index contributed by atoms with van der Waals surface area (Å²) in [4.78, 5) is 0. The van der Waals surface area contributed by atoms with Gasteiger partial charge in [0.1, 0.15) is 0 Å². The molecular weight excluding hydrogens is 387 g/mol. The molecule has 1 heterocycles. The summed E-state index contributed by atoms with van der Waals surface area (Å²) in [7, 11) is -2.95. The van der Waals surface area contributed by atoms with Crippen molar-refractivity contribution in [3.63, 3.8) is 0 Å². The van der Waals surface area contributed by atoms with Gasteiger partial charge in [0.05, 0.1) is 13.2 Å². The van der Waals surface area contributed by atoms with Crippen LogP contribution in [0.15, 0.2) is 72.8 Å². The number of hydrogen-bond donors (Lipinski definition) is 0. The van der Waals surface area contributed by atoms with Gasteiger partial charge in [-0.15, -0.1) is 0 Å². The Morgan fingerprint density at radius 1 is 0.867 bits per heavy atom. The summed E-state index contributed by atoms with van der Waals surface area (Å²) in [5.74, 6) is 0. The molecule has 1 saturated heterocycles. The molecule has 0 bridgehead atoms. The average molecular weight is 417 g/mol. The molecule has 154 valence electrons. The fourth-order valence-electron chi connectivity index (χ4n) is 5.09. The largest absolute Gasteiger partial charge is 0.380 e. The SMILES string of the molecule is CCCCc1cc2c(cc1P(=O)(c1ccccc1)c1ccccc1)CC1(COC1)C2. The Morgan fingerprint density at radius 3 is 1.93 bits per heavy atom. The summed E-state index contributed by atoms with van der Waals surface area (Å²) in [6, 6.07) is 24.8. The maximum Gasteiger partial charge on any atom is 0.171 e. The predicted molar refractivity (Wildman–Crippen MR) is 125 cm³/mol. The summed E-state index contributed by atoms with van der Waals surface area (Å²) in [6.45, 7) is 3.94. The van der Waals surface area contributed by atoms with Gasteiger partial charge in [0.15, 0.2) is 7.14 Å². The maximum absolute atomic E-state index is 15.0. The highest BCUT2D eigenvalue weighted by Crippen LogP contribution is 2.47. The second-order valence-electron chi connectivity index (χ2n) is 8.98. The number of aryl methyl sites for hydroxylation is 1. The van der Waals surface area contributed by atoms with Crippen LogP contribution < -0.4 is 15.9 Å². The van der Waals surface area contributed by atoms with Crippen molar-refractivity contribution >= 4 is 23.1 Å². The molecule has 0 N–H and O–H groups in total. The van der Waals surface area contributed by atoms with Crippen LogP contribution in [-0.2, 0) is 28.6 Å². The molecule has 2 aliphatic rings. The molecule has 0 amide bonds. The zero-order valence-electron chi connectivity index (χ0n) is 17.6. The van der Waals surface area contributed by atoms with E-state index in [9.17, 15) is 0 Å². The predicted octanol–water partition coefficient (Wildman–Crippen LogP) is 4.78. The Labute approximate surface area is 179 Å². The van der Waals surface area contributed by atoms with Crippen LogP contribution in [-0.4, -0.2) is 13.2 Å². The lowest BCUT2D eigenvalue weighted by atomic mass is 9.83. The molecule has 0 atom stereocenters. The first-order valence-electron chi connectivity index (χ1n) is 11.1. The molecule has 5 rings (SSSR count). The number of ether oxygens (including phenoxy) is 1. The standard InChI is InChI=1S/C27H29O2P/c1-2-3-10-21-15-22-17-27(19-29-20-27)18-23(22)16-26(21)30(28,24-11-6-4-7-12-24)25-13-8-5-9-14-25/h4-9,11-16H,2-3,10,17-20H2,1H3. The van der Waals surface area contributed by atoms with E-state index < -0.39 is 7.14 Å². The van der Waals surface area contributed by atoms with Crippen LogP contribution in [0.4, 0.5) is 0 Å². The Kier molecular flexibility index (Phi) is 5.17. The number of unbranched alkanes of at least 4 members (excludes halogenated alkanes) is 1. The van der Waals surface area contributed by atoms with Gasteiger partial charge < -0.3 is 9.30 Å². The van der Waals surface area contributed by atoms with Crippen molar-refractivity contribution < 1.29 is 9.30 Å². The minimum absolute atomic E-state index is 0.284. The van der Waals surface area contributed by atoms with Crippen LogP contribution in [0.5, 0.6) is 0 Å². The van der Waals surface area contributed by atoms with Crippen molar-refractivity contribution in [3.05, 3.63) is 89.5 Å².